The van der Waals surface area contributed by atoms with Gasteiger partial charge in [0.15, 0.2) is 5.82 Å². The lowest BCUT2D eigenvalue weighted by molar-refractivity contribution is 1.14. The number of aromatic nitrogens is 5. The first-order valence-corrected chi connectivity index (χ1v) is 10.5. The molecule has 0 saturated heterocycles. The van der Waals surface area contributed by atoms with Crippen molar-refractivity contribution in [3.8, 4) is 22.4 Å². The van der Waals surface area contributed by atoms with E-state index in [1.165, 1.54) is 0 Å². The zero-order chi connectivity index (χ0) is 22.9. The molecule has 0 amide bonds. The van der Waals surface area contributed by atoms with Crippen LogP contribution in [0.15, 0.2) is 67.3 Å². The summed E-state index contributed by atoms with van der Waals surface area (Å²) in [6, 6.07) is 13.4. The highest BCUT2D eigenvalue weighted by molar-refractivity contribution is 6.13. The number of nitrogens with one attached hydrogen (secondary N) is 2. The highest BCUT2D eigenvalue weighted by Gasteiger charge is 2.17. The molecule has 5 aromatic rings. The maximum Gasteiger partial charge on any atom is 0.157 e. The largest absolute Gasteiger partial charge is 0.399 e. The standard InChI is InChI=1S/C25H22N8/c1-2-14-7-15(9-17(26)8-14)16-10-18(24(28)31-11-16)22(27)25-32-21-13-29-12-19(23(21)33-25)20-5-3-4-6-30-20/h3-13,27H,2,26H2,1H3,(H2,28,31)(H,32,33). The van der Waals surface area contributed by atoms with Gasteiger partial charge in [-0.05, 0) is 47.9 Å². The fraction of sp³-hybridized carbons (Fsp3) is 0.0800. The van der Waals surface area contributed by atoms with E-state index >= 15 is 0 Å². The van der Waals surface area contributed by atoms with Crippen molar-refractivity contribution in [2.75, 3.05) is 11.5 Å². The Labute approximate surface area is 190 Å². The molecule has 0 aliphatic rings. The summed E-state index contributed by atoms with van der Waals surface area (Å²) in [6.45, 7) is 2.08. The number of pyridine rings is 3. The van der Waals surface area contributed by atoms with Crippen molar-refractivity contribution in [1.82, 2.24) is 24.9 Å². The first kappa shape index (κ1) is 20.3. The van der Waals surface area contributed by atoms with Crippen LogP contribution in [0.3, 0.4) is 0 Å². The van der Waals surface area contributed by atoms with E-state index in [1.807, 2.05) is 36.4 Å². The zero-order valence-corrected chi connectivity index (χ0v) is 18.0. The molecule has 0 saturated carbocycles. The first-order valence-electron chi connectivity index (χ1n) is 10.5. The third kappa shape index (κ3) is 3.78. The van der Waals surface area contributed by atoms with Crippen molar-refractivity contribution in [3.05, 3.63) is 84.2 Å². The molecule has 0 radical (unpaired) electrons. The molecule has 0 spiro atoms. The van der Waals surface area contributed by atoms with Gasteiger partial charge in [0.2, 0.25) is 0 Å². The number of imidazole rings is 1. The van der Waals surface area contributed by atoms with E-state index in [9.17, 15) is 0 Å². The number of aryl methyl sites for hydroxylation is 1. The van der Waals surface area contributed by atoms with Crippen molar-refractivity contribution < 1.29 is 0 Å². The van der Waals surface area contributed by atoms with Gasteiger partial charge in [0.25, 0.3) is 0 Å². The van der Waals surface area contributed by atoms with Gasteiger partial charge in [-0.2, -0.15) is 0 Å². The third-order valence-corrected chi connectivity index (χ3v) is 5.52. The first-order chi connectivity index (χ1) is 16.0. The topological polar surface area (TPSA) is 143 Å². The lowest BCUT2D eigenvalue weighted by Crippen LogP contribution is -2.09. The molecule has 0 aliphatic carbocycles. The van der Waals surface area contributed by atoms with Crippen molar-refractivity contribution in [2.45, 2.75) is 13.3 Å². The van der Waals surface area contributed by atoms with Gasteiger partial charge in [-0.3, -0.25) is 15.4 Å². The summed E-state index contributed by atoms with van der Waals surface area (Å²) >= 11 is 0. The average Bonchev–Trinajstić information content (AvgIpc) is 3.28. The number of nitrogens with zero attached hydrogens (tertiary/aromatic N) is 4. The van der Waals surface area contributed by atoms with Crippen LogP contribution in [0.25, 0.3) is 33.4 Å². The quantitative estimate of drug-likeness (QED) is 0.241. The van der Waals surface area contributed by atoms with E-state index < -0.39 is 0 Å². The van der Waals surface area contributed by atoms with E-state index in [2.05, 4.69) is 37.9 Å². The van der Waals surface area contributed by atoms with Gasteiger partial charge < -0.3 is 16.5 Å². The summed E-state index contributed by atoms with van der Waals surface area (Å²) in [5, 5.41) is 8.82. The monoisotopic (exact) mass is 434 g/mol. The van der Waals surface area contributed by atoms with Crippen LogP contribution in [0, 0.1) is 5.41 Å². The van der Waals surface area contributed by atoms with Crippen LogP contribution in [-0.4, -0.2) is 30.6 Å². The maximum absolute atomic E-state index is 8.82. The molecular formula is C25H22N8. The smallest absolute Gasteiger partial charge is 0.157 e. The fourth-order valence-corrected chi connectivity index (χ4v) is 3.81. The Bertz CT molecular complexity index is 1490. The van der Waals surface area contributed by atoms with Crippen LogP contribution in [0.4, 0.5) is 11.5 Å². The number of rotatable bonds is 5. The molecule has 6 N–H and O–H groups in total. The van der Waals surface area contributed by atoms with Gasteiger partial charge in [-0.1, -0.05) is 19.1 Å². The fourth-order valence-electron chi connectivity index (χ4n) is 3.81. The molecule has 0 atom stereocenters. The molecule has 33 heavy (non-hydrogen) atoms. The number of nitrogen functional groups attached to an aromatic ring is 2. The minimum atomic E-state index is 0.143. The lowest BCUT2D eigenvalue weighted by Gasteiger charge is -2.10. The summed E-state index contributed by atoms with van der Waals surface area (Å²) in [4.78, 5) is 20.9. The average molecular weight is 435 g/mol. The Morgan fingerprint density at radius 1 is 1.00 bits per heavy atom. The Morgan fingerprint density at radius 3 is 2.67 bits per heavy atom. The molecular weight excluding hydrogens is 412 g/mol. The van der Waals surface area contributed by atoms with Crippen LogP contribution >= 0.6 is 0 Å². The number of benzene rings is 1. The predicted octanol–water partition coefficient (Wildman–Crippen LogP) is 4.22. The highest BCUT2D eigenvalue weighted by Crippen LogP contribution is 2.28. The minimum Gasteiger partial charge on any atom is -0.399 e. The molecule has 0 fully saturated rings. The minimum absolute atomic E-state index is 0.143. The lowest BCUT2D eigenvalue weighted by atomic mass is 9.99. The van der Waals surface area contributed by atoms with E-state index in [1.54, 1.807) is 24.8 Å². The van der Waals surface area contributed by atoms with Crippen LogP contribution in [0.2, 0.25) is 0 Å². The molecule has 0 aliphatic heterocycles. The molecule has 8 nitrogen and oxygen atoms in total. The summed E-state index contributed by atoms with van der Waals surface area (Å²) in [5.74, 6) is 0.634. The second-order valence-corrected chi connectivity index (χ2v) is 7.73. The molecule has 4 heterocycles. The van der Waals surface area contributed by atoms with Gasteiger partial charge in [-0.25, -0.2) is 9.97 Å². The molecule has 8 heteroatoms. The molecule has 0 bridgehead atoms. The van der Waals surface area contributed by atoms with Crippen LogP contribution in [-0.2, 0) is 6.42 Å². The molecule has 1 aromatic carbocycles. The number of anilines is 2. The number of fused-ring (bicyclic) bond motifs is 1. The van der Waals surface area contributed by atoms with Crippen molar-refractivity contribution in [2.24, 2.45) is 0 Å². The predicted molar refractivity (Wildman–Crippen MR) is 131 cm³/mol. The number of nitrogens with two attached hydrogens (primary N) is 2. The third-order valence-electron chi connectivity index (χ3n) is 5.52. The summed E-state index contributed by atoms with van der Waals surface area (Å²) in [5.41, 5.74) is 19.4. The van der Waals surface area contributed by atoms with Gasteiger partial charge in [0.05, 0.1) is 17.4 Å². The summed E-state index contributed by atoms with van der Waals surface area (Å²) in [7, 11) is 0. The summed E-state index contributed by atoms with van der Waals surface area (Å²) < 4.78 is 0. The molecule has 162 valence electrons. The molecule has 5 rings (SSSR count). The Kier molecular flexibility index (Phi) is 5.02. The van der Waals surface area contributed by atoms with E-state index in [4.69, 9.17) is 16.9 Å². The Hall–Kier alpha value is -4.59. The Balaban J connectivity index is 1.58. The van der Waals surface area contributed by atoms with E-state index in [-0.39, 0.29) is 11.5 Å². The highest BCUT2D eigenvalue weighted by atomic mass is 15.0. The van der Waals surface area contributed by atoms with Crippen molar-refractivity contribution >= 4 is 28.3 Å². The Morgan fingerprint density at radius 2 is 1.88 bits per heavy atom. The van der Waals surface area contributed by atoms with Crippen molar-refractivity contribution in [3.63, 3.8) is 0 Å². The summed E-state index contributed by atoms with van der Waals surface area (Å²) in [6.07, 6.45) is 7.70. The second kappa shape index (κ2) is 8.16. The number of hydrogen-bond acceptors (Lipinski definition) is 7. The number of aromatic amines is 1. The molecule has 4 aromatic heterocycles. The second-order valence-electron chi connectivity index (χ2n) is 7.73. The van der Waals surface area contributed by atoms with Crippen LogP contribution < -0.4 is 11.5 Å². The van der Waals surface area contributed by atoms with Crippen LogP contribution in [0.5, 0.6) is 0 Å². The number of H-pyrrole nitrogens is 1. The van der Waals surface area contributed by atoms with Gasteiger partial charge in [0, 0.05) is 41.0 Å². The maximum atomic E-state index is 8.82. The van der Waals surface area contributed by atoms with Crippen LogP contribution in [0.1, 0.15) is 23.9 Å². The van der Waals surface area contributed by atoms with Crippen molar-refractivity contribution in [1.29, 1.82) is 5.41 Å². The normalized spacial score (nSPS) is 11.1. The van der Waals surface area contributed by atoms with E-state index in [0.717, 1.165) is 34.4 Å². The SMILES string of the molecule is CCc1cc(N)cc(-c2cnc(N)c(C(=N)c3nc4c(-c5ccccn5)cncc4[nH]3)c2)c1. The van der Waals surface area contributed by atoms with Gasteiger partial charge in [-0.15, -0.1) is 0 Å². The number of hydrogen-bond donors (Lipinski definition) is 4. The van der Waals surface area contributed by atoms with Gasteiger partial charge in [0.1, 0.15) is 17.0 Å². The van der Waals surface area contributed by atoms with E-state index in [0.29, 0.717) is 28.1 Å². The molecule has 0 unspecified atom stereocenters. The van der Waals surface area contributed by atoms with Gasteiger partial charge >= 0.3 is 0 Å². The zero-order valence-electron chi connectivity index (χ0n) is 18.0.